The van der Waals surface area contributed by atoms with E-state index in [1.165, 1.54) is 0 Å². The first-order valence-electron chi connectivity index (χ1n) is 8.48. The number of rotatable bonds is 8. The Labute approximate surface area is 156 Å². The molecule has 0 bridgehead atoms. The molecular weight excluding hydrogens is 348 g/mol. The maximum Gasteiger partial charge on any atom is 0.407 e. The Morgan fingerprint density at radius 2 is 1.15 bits per heavy atom. The first-order chi connectivity index (χ1) is 13.2. The molecule has 0 saturated carbocycles. The minimum absolute atomic E-state index is 0.0837. The Kier molecular flexibility index (Phi) is 5.98. The average Bonchev–Trinajstić information content (AvgIpc) is 3.49. The smallest absolute Gasteiger partial charge is 0.407 e. The van der Waals surface area contributed by atoms with Crippen LogP contribution in [-0.2, 0) is 22.6 Å². The number of carbonyl (C=O) groups excluding carboxylic acids is 2. The minimum Gasteiger partial charge on any atom is -0.445 e. The van der Waals surface area contributed by atoms with Gasteiger partial charge in [-0.1, -0.05) is 60.7 Å². The summed E-state index contributed by atoms with van der Waals surface area (Å²) >= 11 is 0. The molecule has 0 aromatic heterocycles. The summed E-state index contributed by atoms with van der Waals surface area (Å²) in [5.41, 5.74) is 0.931. The van der Waals surface area contributed by atoms with Gasteiger partial charge in [-0.3, -0.25) is 0 Å². The van der Waals surface area contributed by atoms with Crippen molar-refractivity contribution in [1.29, 1.82) is 0 Å². The molecule has 140 valence electrons. The van der Waals surface area contributed by atoms with E-state index >= 15 is 0 Å². The summed E-state index contributed by atoms with van der Waals surface area (Å²) in [5.74, 6) is 0. The fraction of sp³-hybridized carbons (Fsp3) is 0.263. The second-order valence-corrected chi connectivity index (χ2v) is 6.01. The van der Waals surface area contributed by atoms with Crippen molar-refractivity contribution in [2.24, 2.45) is 10.2 Å². The van der Waals surface area contributed by atoms with Gasteiger partial charge < -0.3 is 20.1 Å². The van der Waals surface area contributed by atoms with E-state index in [-0.39, 0.29) is 13.2 Å². The van der Waals surface area contributed by atoms with Gasteiger partial charge in [-0.25, -0.2) is 9.59 Å². The highest BCUT2D eigenvalue weighted by Gasteiger charge is 2.43. The predicted octanol–water partition coefficient (Wildman–Crippen LogP) is 3.00. The van der Waals surface area contributed by atoms with Crippen LogP contribution in [0.1, 0.15) is 11.1 Å². The van der Waals surface area contributed by atoms with E-state index in [1.54, 1.807) is 0 Å². The van der Waals surface area contributed by atoms with Crippen LogP contribution in [0.25, 0.3) is 0 Å². The normalized spacial score (nSPS) is 13.5. The first-order valence-corrected chi connectivity index (χ1v) is 8.48. The Morgan fingerprint density at radius 1 is 0.741 bits per heavy atom. The van der Waals surface area contributed by atoms with Crippen LogP contribution in [0.15, 0.2) is 70.9 Å². The molecule has 2 N–H and O–H groups in total. The molecule has 0 saturated heterocycles. The van der Waals surface area contributed by atoms with Gasteiger partial charge in [0.25, 0.3) is 5.66 Å². The molecule has 8 nitrogen and oxygen atoms in total. The lowest BCUT2D eigenvalue weighted by molar-refractivity contribution is 0.0949. The van der Waals surface area contributed by atoms with E-state index in [9.17, 15) is 9.59 Å². The maximum absolute atomic E-state index is 11.8. The molecule has 2 aromatic rings. The second-order valence-electron chi connectivity index (χ2n) is 6.01. The van der Waals surface area contributed by atoms with Crippen LogP contribution in [0.2, 0.25) is 0 Å². The Hall–Kier alpha value is -3.42. The van der Waals surface area contributed by atoms with Crippen LogP contribution in [0.3, 0.4) is 0 Å². The van der Waals surface area contributed by atoms with E-state index in [4.69, 9.17) is 9.47 Å². The topological polar surface area (TPSA) is 101 Å². The van der Waals surface area contributed by atoms with Crippen molar-refractivity contribution >= 4 is 12.2 Å². The molecule has 0 atom stereocenters. The Bertz CT molecular complexity index is 728. The van der Waals surface area contributed by atoms with E-state index in [2.05, 4.69) is 20.9 Å². The molecule has 0 spiro atoms. The number of hydrogen-bond acceptors (Lipinski definition) is 6. The second kappa shape index (κ2) is 8.79. The largest absolute Gasteiger partial charge is 0.445 e. The number of amides is 2. The van der Waals surface area contributed by atoms with E-state index in [1.807, 2.05) is 60.7 Å². The summed E-state index contributed by atoms with van der Waals surface area (Å²) in [6, 6.07) is 18.9. The van der Waals surface area contributed by atoms with Crippen molar-refractivity contribution in [2.45, 2.75) is 18.8 Å². The highest BCUT2D eigenvalue weighted by Crippen LogP contribution is 2.28. The molecule has 8 heteroatoms. The molecule has 1 heterocycles. The van der Waals surface area contributed by atoms with Crippen molar-refractivity contribution < 1.29 is 19.1 Å². The van der Waals surface area contributed by atoms with Gasteiger partial charge in [0.05, 0.1) is 0 Å². The zero-order valence-electron chi connectivity index (χ0n) is 14.6. The molecule has 27 heavy (non-hydrogen) atoms. The quantitative estimate of drug-likeness (QED) is 0.748. The molecule has 2 amide bonds. The average molecular weight is 368 g/mol. The van der Waals surface area contributed by atoms with Gasteiger partial charge in [0.15, 0.2) is 0 Å². The van der Waals surface area contributed by atoms with Crippen LogP contribution < -0.4 is 10.6 Å². The molecule has 0 radical (unpaired) electrons. The van der Waals surface area contributed by atoms with Crippen LogP contribution in [-0.4, -0.2) is 31.1 Å². The lowest BCUT2D eigenvalue weighted by atomic mass is 10.2. The van der Waals surface area contributed by atoms with E-state index in [0.29, 0.717) is 13.1 Å². The minimum atomic E-state index is -0.992. The van der Waals surface area contributed by atoms with E-state index in [0.717, 1.165) is 11.1 Å². The van der Waals surface area contributed by atoms with Gasteiger partial charge in [-0.2, -0.15) is 10.2 Å². The molecule has 3 rings (SSSR count). The van der Waals surface area contributed by atoms with Gasteiger partial charge in [-0.15, -0.1) is 0 Å². The standard InChI is InChI=1S/C19H20N4O4/c24-17(20-11-15-7-3-1-4-8-15)26-13-19(22-23-19)14-27-18(25)21-12-16-9-5-2-6-10-16/h1-10H,11-14H2,(H,20,24)(H,21,25). The highest BCUT2D eigenvalue weighted by atomic mass is 16.6. The Morgan fingerprint density at radius 3 is 1.52 bits per heavy atom. The van der Waals surface area contributed by atoms with Crippen LogP contribution >= 0.6 is 0 Å². The number of nitrogens with zero attached hydrogens (tertiary/aromatic N) is 2. The Balaban J connectivity index is 1.32. The van der Waals surface area contributed by atoms with Crippen molar-refractivity contribution in [3.05, 3.63) is 71.8 Å². The fourth-order valence-electron chi connectivity index (χ4n) is 2.23. The van der Waals surface area contributed by atoms with Gasteiger partial charge in [0, 0.05) is 13.1 Å². The van der Waals surface area contributed by atoms with Gasteiger partial charge >= 0.3 is 12.2 Å². The first kappa shape index (κ1) is 18.4. The lowest BCUT2D eigenvalue weighted by Crippen LogP contribution is -2.34. The third-order valence-corrected chi connectivity index (χ3v) is 3.81. The SMILES string of the molecule is O=C(NCc1ccccc1)OCC1(COC(=O)NCc2ccccc2)N=N1. The molecule has 1 aliphatic rings. The summed E-state index contributed by atoms with van der Waals surface area (Å²) in [7, 11) is 0. The number of carbonyl (C=O) groups is 2. The zero-order chi connectivity index (χ0) is 19.0. The van der Waals surface area contributed by atoms with E-state index < -0.39 is 17.8 Å². The maximum atomic E-state index is 11.8. The molecule has 0 aliphatic carbocycles. The van der Waals surface area contributed by atoms with Crippen molar-refractivity contribution in [2.75, 3.05) is 13.2 Å². The number of ether oxygens (including phenoxy) is 2. The van der Waals surface area contributed by atoms with Gasteiger partial charge in [0.1, 0.15) is 13.2 Å². The fourth-order valence-corrected chi connectivity index (χ4v) is 2.23. The van der Waals surface area contributed by atoms with Crippen molar-refractivity contribution in [3.8, 4) is 0 Å². The van der Waals surface area contributed by atoms with Crippen LogP contribution in [0, 0.1) is 0 Å². The third-order valence-electron chi connectivity index (χ3n) is 3.81. The number of hydrogen-bond donors (Lipinski definition) is 2. The molecule has 2 aromatic carbocycles. The zero-order valence-corrected chi connectivity index (χ0v) is 14.6. The van der Waals surface area contributed by atoms with Gasteiger partial charge in [0.2, 0.25) is 0 Å². The number of nitrogens with one attached hydrogen (secondary N) is 2. The summed E-state index contributed by atoms with van der Waals surface area (Å²) < 4.78 is 10.2. The number of alkyl carbamates (subject to hydrolysis) is 2. The molecule has 1 aliphatic heterocycles. The third kappa shape index (κ3) is 6.10. The molecule has 0 unspecified atom stereocenters. The summed E-state index contributed by atoms with van der Waals surface area (Å²) in [5, 5.41) is 12.9. The van der Waals surface area contributed by atoms with Crippen molar-refractivity contribution in [1.82, 2.24) is 10.6 Å². The van der Waals surface area contributed by atoms with Crippen LogP contribution in [0.5, 0.6) is 0 Å². The monoisotopic (exact) mass is 368 g/mol. The van der Waals surface area contributed by atoms with Crippen molar-refractivity contribution in [3.63, 3.8) is 0 Å². The molecular formula is C19H20N4O4. The van der Waals surface area contributed by atoms with Gasteiger partial charge in [-0.05, 0) is 11.1 Å². The summed E-state index contributed by atoms with van der Waals surface area (Å²) in [4.78, 5) is 23.5. The highest BCUT2D eigenvalue weighted by molar-refractivity contribution is 5.68. The number of benzene rings is 2. The summed E-state index contributed by atoms with van der Waals surface area (Å²) in [6.45, 7) is 0.553. The summed E-state index contributed by atoms with van der Waals surface area (Å²) in [6.07, 6.45) is -1.16. The lowest BCUT2D eigenvalue weighted by Gasteiger charge is -2.13. The molecule has 0 fully saturated rings. The predicted molar refractivity (Wildman–Crippen MR) is 96.8 cm³/mol. The van der Waals surface area contributed by atoms with Crippen LogP contribution in [0.4, 0.5) is 9.59 Å².